The van der Waals surface area contributed by atoms with Crippen molar-refractivity contribution in [1.82, 2.24) is 5.32 Å². The van der Waals surface area contributed by atoms with Crippen LogP contribution < -0.4 is 10.1 Å². The van der Waals surface area contributed by atoms with Gasteiger partial charge in [0.05, 0.1) is 17.5 Å². The molecule has 90 valence electrons. The standard InChI is InChI=1S/C13H14ClNOS/c1-15-13(11-6-7-12(14)17-11)9-4-3-5-10(8-9)16-2/h3-8,13,15H,1-2H3. The zero-order valence-corrected chi connectivity index (χ0v) is 11.3. The molecule has 1 aromatic heterocycles. The van der Waals surface area contributed by atoms with E-state index in [4.69, 9.17) is 16.3 Å². The van der Waals surface area contributed by atoms with E-state index in [1.54, 1.807) is 18.4 Å². The van der Waals surface area contributed by atoms with Gasteiger partial charge in [-0.25, -0.2) is 0 Å². The van der Waals surface area contributed by atoms with E-state index in [1.807, 2.05) is 37.4 Å². The molecule has 0 aliphatic carbocycles. The van der Waals surface area contributed by atoms with Gasteiger partial charge < -0.3 is 10.1 Å². The molecule has 1 unspecified atom stereocenters. The van der Waals surface area contributed by atoms with Crippen molar-refractivity contribution in [2.75, 3.05) is 14.2 Å². The maximum absolute atomic E-state index is 5.97. The maximum atomic E-state index is 5.97. The summed E-state index contributed by atoms with van der Waals surface area (Å²) in [7, 11) is 3.62. The molecule has 1 heterocycles. The van der Waals surface area contributed by atoms with Gasteiger partial charge in [-0.2, -0.15) is 0 Å². The minimum atomic E-state index is 0.155. The number of ether oxygens (including phenoxy) is 1. The van der Waals surface area contributed by atoms with Crippen LogP contribution >= 0.6 is 22.9 Å². The van der Waals surface area contributed by atoms with E-state index in [0.29, 0.717) is 0 Å². The van der Waals surface area contributed by atoms with E-state index in [9.17, 15) is 0 Å². The van der Waals surface area contributed by atoms with Crippen LogP contribution in [-0.4, -0.2) is 14.2 Å². The molecule has 4 heteroatoms. The molecular formula is C13H14ClNOS. The first-order valence-corrected chi connectivity index (χ1v) is 6.50. The highest BCUT2D eigenvalue weighted by Gasteiger charge is 2.14. The number of nitrogens with one attached hydrogen (secondary N) is 1. The molecule has 0 saturated heterocycles. The summed E-state index contributed by atoms with van der Waals surface area (Å²) in [4.78, 5) is 1.20. The van der Waals surface area contributed by atoms with Gasteiger partial charge in [0, 0.05) is 4.88 Å². The van der Waals surface area contributed by atoms with Crippen molar-refractivity contribution >= 4 is 22.9 Å². The van der Waals surface area contributed by atoms with Crippen molar-refractivity contribution < 1.29 is 4.74 Å². The van der Waals surface area contributed by atoms with Crippen LogP contribution in [0.5, 0.6) is 5.75 Å². The van der Waals surface area contributed by atoms with Crippen LogP contribution in [0.4, 0.5) is 0 Å². The van der Waals surface area contributed by atoms with Gasteiger partial charge in [-0.15, -0.1) is 11.3 Å². The SMILES string of the molecule is CNC(c1cccc(OC)c1)c1ccc(Cl)s1. The highest BCUT2D eigenvalue weighted by Crippen LogP contribution is 2.31. The highest BCUT2D eigenvalue weighted by molar-refractivity contribution is 7.16. The summed E-state index contributed by atoms with van der Waals surface area (Å²) in [6.45, 7) is 0. The minimum absolute atomic E-state index is 0.155. The molecule has 2 aromatic rings. The average Bonchev–Trinajstić information content (AvgIpc) is 2.77. The number of hydrogen-bond acceptors (Lipinski definition) is 3. The van der Waals surface area contributed by atoms with Crippen LogP contribution in [0.15, 0.2) is 36.4 Å². The molecule has 0 aliphatic heterocycles. The van der Waals surface area contributed by atoms with Crippen molar-refractivity contribution in [1.29, 1.82) is 0 Å². The van der Waals surface area contributed by atoms with Gasteiger partial charge in [0.15, 0.2) is 0 Å². The zero-order chi connectivity index (χ0) is 12.3. The maximum Gasteiger partial charge on any atom is 0.119 e. The molecule has 1 aromatic carbocycles. The molecule has 0 saturated carbocycles. The fraction of sp³-hybridized carbons (Fsp3) is 0.231. The van der Waals surface area contributed by atoms with E-state index < -0.39 is 0 Å². The highest BCUT2D eigenvalue weighted by atomic mass is 35.5. The summed E-state index contributed by atoms with van der Waals surface area (Å²) in [5, 5.41) is 3.30. The summed E-state index contributed by atoms with van der Waals surface area (Å²) < 4.78 is 6.05. The Morgan fingerprint density at radius 1 is 1.29 bits per heavy atom. The normalized spacial score (nSPS) is 12.4. The van der Waals surface area contributed by atoms with Crippen molar-refractivity contribution in [2.24, 2.45) is 0 Å². The number of hydrogen-bond donors (Lipinski definition) is 1. The van der Waals surface area contributed by atoms with Crippen molar-refractivity contribution in [3.05, 3.63) is 51.2 Å². The monoisotopic (exact) mass is 267 g/mol. The second kappa shape index (κ2) is 5.54. The third-order valence-corrected chi connectivity index (χ3v) is 3.89. The Hall–Kier alpha value is -1.03. The second-order valence-electron chi connectivity index (χ2n) is 3.64. The fourth-order valence-corrected chi connectivity index (χ4v) is 2.98. The Balaban J connectivity index is 2.34. The summed E-state index contributed by atoms with van der Waals surface area (Å²) in [6, 6.07) is 12.2. The number of benzene rings is 1. The van der Waals surface area contributed by atoms with Gasteiger partial charge in [0.25, 0.3) is 0 Å². The molecule has 1 N–H and O–H groups in total. The summed E-state index contributed by atoms with van der Waals surface area (Å²) >= 11 is 7.56. The lowest BCUT2D eigenvalue weighted by Gasteiger charge is -2.15. The van der Waals surface area contributed by atoms with E-state index in [0.717, 1.165) is 10.1 Å². The molecule has 0 aliphatic rings. The Morgan fingerprint density at radius 2 is 2.12 bits per heavy atom. The Kier molecular flexibility index (Phi) is 4.05. The summed E-state index contributed by atoms with van der Waals surface area (Å²) in [5.41, 5.74) is 1.17. The number of methoxy groups -OCH3 is 1. The Labute approximate surface area is 110 Å². The lowest BCUT2D eigenvalue weighted by Crippen LogP contribution is -2.16. The Morgan fingerprint density at radius 3 is 2.71 bits per heavy atom. The van der Waals surface area contributed by atoms with Crippen molar-refractivity contribution in [3.8, 4) is 5.75 Å². The summed E-state index contributed by atoms with van der Waals surface area (Å²) in [5.74, 6) is 0.866. The second-order valence-corrected chi connectivity index (χ2v) is 5.39. The molecule has 0 radical (unpaired) electrons. The van der Waals surface area contributed by atoms with Crippen LogP contribution in [0.1, 0.15) is 16.5 Å². The molecule has 0 spiro atoms. The van der Waals surface area contributed by atoms with Crippen molar-refractivity contribution in [2.45, 2.75) is 6.04 Å². The van der Waals surface area contributed by atoms with E-state index in [1.165, 1.54) is 10.4 Å². The molecular weight excluding hydrogens is 254 g/mol. The molecule has 2 rings (SSSR count). The zero-order valence-electron chi connectivity index (χ0n) is 9.74. The number of halogens is 1. The van der Waals surface area contributed by atoms with Crippen LogP contribution in [0, 0.1) is 0 Å². The van der Waals surface area contributed by atoms with Gasteiger partial charge in [0.1, 0.15) is 5.75 Å². The molecule has 17 heavy (non-hydrogen) atoms. The van der Waals surface area contributed by atoms with Gasteiger partial charge >= 0.3 is 0 Å². The first-order chi connectivity index (χ1) is 8.24. The third kappa shape index (κ3) is 2.80. The third-order valence-electron chi connectivity index (χ3n) is 2.59. The van der Waals surface area contributed by atoms with Gasteiger partial charge in [-0.05, 0) is 36.9 Å². The largest absolute Gasteiger partial charge is 0.497 e. The van der Waals surface area contributed by atoms with E-state index >= 15 is 0 Å². The van der Waals surface area contributed by atoms with Crippen LogP contribution in [-0.2, 0) is 0 Å². The average molecular weight is 268 g/mol. The van der Waals surface area contributed by atoms with Gasteiger partial charge in [-0.1, -0.05) is 23.7 Å². The molecule has 0 fully saturated rings. The predicted octanol–water partition coefficient (Wildman–Crippen LogP) is 3.72. The van der Waals surface area contributed by atoms with E-state index in [2.05, 4.69) is 11.4 Å². The molecule has 0 amide bonds. The smallest absolute Gasteiger partial charge is 0.119 e. The predicted molar refractivity (Wildman–Crippen MR) is 73.2 cm³/mol. The van der Waals surface area contributed by atoms with Crippen LogP contribution in [0.25, 0.3) is 0 Å². The quantitative estimate of drug-likeness (QED) is 0.912. The molecule has 0 bridgehead atoms. The van der Waals surface area contributed by atoms with Gasteiger partial charge in [0.2, 0.25) is 0 Å². The minimum Gasteiger partial charge on any atom is -0.497 e. The fourth-order valence-electron chi connectivity index (χ4n) is 1.78. The molecule has 2 nitrogen and oxygen atoms in total. The van der Waals surface area contributed by atoms with Crippen LogP contribution in [0.2, 0.25) is 4.34 Å². The lowest BCUT2D eigenvalue weighted by atomic mass is 10.1. The lowest BCUT2D eigenvalue weighted by molar-refractivity contribution is 0.414. The van der Waals surface area contributed by atoms with Crippen LogP contribution in [0.3, 0.4) is 0 Å². The molecule has 1 atom stereocenters. The van der Waals surface area contributed by atoms with Gasteiger partial charge in [-0.3, -0.25) is 0 Å². The first kappa shape index (κ1) is 12.4. The number of thiophene rings is 1. The topological polar surface area (TPSA) is 21.3 Å². The van der Waals surface area contributed by atoms with Crippen molar-refractivity contribution in [3.63, 3.8) is 0 Å². The number of rotatable bonds is 4. The summed E-state index contributed by atoms with van der Waals surface area (Å²) in [6.07, 6.45) is 0. The Bertz CT molecular complexity index is 498. The first-order valence-electron chi connectivity index (χ1n) is 5.31. The van der Waals surface area contributed by atoms with E-state index in [-0.39, 0.29) is 6.04 Å².